The van der Waals surface area contributed by atoms with E-state index in [1.807, 2.05) is 18.5 Å². The summed E-state index contributed by atoms with van der Waals surface area (Å²) >= 11 is 0. The zero-order valence-corrected chi connectivity index (χ0v) is 28.9. The van der Waals surface area contributed by atoms with E-state index in [0.29, 0.717) is 0 Å². The summed E-state index contributed by atoms with van der Waals surface area (Å²) in [4.78, 5) is 12.2. The largest absolute Gasteiger partial charge is 0.468 e. The first-order valence-electron chi connectivity index (χ1n) is 18.4. The number of aliphatic imine (C=N–C) groups is 2. The predicted molar refractivity (Wildman–Crippen MR) is 209 cm³/mol. The first kappa shape index (κ1) is 30.7. The number of nitrogens with one attached hydrogen (secondary N) is 3. The molecule has 3 aromatic rings. The third kappa shape index (κ3) is 5.44. The van der Waals surface area contributed by atoms with Crippen molar-refractivity contribution >= 4 is 23.3 Å². The van der Waals surface area contributed by atoms with Crippen LogP contribution in [0.15, 0.2) is 183 Å². The SMILES string of the molecule is C1=CC(C2=CC(C3=CC=C(C4=CC=NCC4)CC3)=NC(c3ccc(N4c5ccccc5C5C6=C(C=CC54)NC(c4ccccc4)O6)cc3)N2)=CCN1. The van der Waals surface area contributed by atoms with Crippen LogP contribution in [0.5, 0.6) is 0 Å². The number of para-hydroxylation sites is 1. The second-order valence-corrected chi connectivity index (χ2v) is 14.1. The molecule has 0 saturated carbocycles. The lowest BCUT2D eigenvalue weighted by atomic mass is 9.88. The third-order valence-electron chi connectivity index (χ3n) is 11.1. The van der Waals surface area contributed by atoms with Crippen molar-refractivity contribution in [2.75, 3.05) is 18.0 Å². The van der Waals surface area contributed by atoms with E-state index in [0.717, 1.165) is 72.0 Å². The van der Waals surface area contributed by atoms with E-state index in [-0.39, 0.29) is 24.4 Å². The predicted octanol–water partition coefficient (Wildman–Crippen LogP) is 8.41. The fourth-order valence-corrected chi connectivity index (χ4v) is 8.42. The number of hydrogen-bond donors (Lipinski definition) is 3. The van der Waals surface area contributed by atoms with Crippen molar-refractivity contribution in [3.63, 3.8) is 0 Å². The Morgan fingerprint density at radius 1 is 0.769 bits per heavy atom. The number of fused-ring (bicyclic) bond motifs is 4. The van der Waals surface area contributed by atoms with E-state index in [4.69, 9.17) is 9.73 Å². The third-order valence-corrected chi connectivity index (χ3v) is 11.1. The zero-order chi connectivity index (χ0) is 34.4. The highest BCUT2D eigenvalue weighted by Gasteiger charge is 2.46. The van der Waals surface area contributed by atoms with Crippen molar-refractivity contribution in [1.29, 1.82) is 0 Å². The van der Waals surface area contributed by atoms with Gasteiger partial charge in [0.2, 0.25) is 0 Å². The van der Waals surface area contributed by atoms with Gasteiger partial charge in [-0.05, 0) is 101 Å². The van der Waals surface area contributed by atoms with Crippen LogP contribution in [0.25, 0.3) is 0 Å². The Morgan fingerprint density at radius 2 is 1.60 bits per heavy atom. The van der Waals surface area contributed by atoms with Gasteiger partial charge in [-0.2, -0.15) is 0 Å². The first-order valence-corrected chi connectivity index (χ1v) is 18.4. The molecule has 2 aliphatic carbocycles. The fourth-order valence-electron chi connectivity index (χ4n) is 8.42. The summed E-state index contributed by atoms with van der Waals surface area (Å²) in [6.45, 7) is 1.69. The van der Waals surface area contributed by atoms with Gasteiger partial charge < -0.3 is 25.6 Å². The van der Waals surface area contributed by atoms with Crippen LogP contribution in [0.3, 0.4) is 0 Å². The Labute approximate surface area is 304 Å². The first-order chi connectivity index (χ1) is 25.8. The molecule has 4 unspecified atom stereocenters. The van der Waals surface area contributed by atoms with Crippen LogP contribution in [-0.2, 0) is 4.74 Å². The van der Waals surface area contributed by atoms with Crippen molar-refractivity contribution in [3.05, 3.63) is 190 Å². The molecule has 0 fully saturated rings. The zero-order valence-electron chi connectivity index (χ0n) is 28.9. The molecule has 0 bridgehead atoms. The average molecular weight is 681 g/mol. The van der Waals surface area contributed by atoms with E-state index in [1.165, 1.54) is 33.5 Å². The quantitative estimate of drug-likeness (QED) is 0.244. The van der Waals surface area contributed by atoms with E-state index in [1.54, 1.807) is 0 Å². The number of benzene rings is 3. The molecule has 10 rings (SSSR count). The van der Waals surface area contributed by atoms with Crippen molar-refractivity contribution in [3.8, 4) is 0 Å². The van der Waals surface area contributed by atoms with E-state index in [2.05, 4.69) is 147 Å². The molecule has 7 nitrogen and oxygen atoms in total. The van der Waals surface area contributed by atoms with Gasteiger partial charge in [-0.3, -0.25) is 9.98 Å². The molecule has 256 valence electrons. The number of anilines is 2. The normalized spacial score (nSPS) is 25.5. The molecular weight excluding hydrogens is 641 g/mol. The molecule has 4 atom stereocenters. The Balaban J connectivity index is 0.945. The van der Waals surface area contributed by atoms with Crippen molar-refractivity contribution in [2.45, 2.75) is 43.6 Å². The summed E-state index contributed by atoms with van der Waals surface area (Å²) < 4.78 is 6.69. The van der Waals surface area contributed by atoms with Gasteiger partial charge in [0, 0.05) is 41.9 Å². The highest BCUT2D eigenvalue weighted by Crippen LogP contribution is 2.53. The smallest absolute Gasteiger partial charge is 0.196 e. The summed E-state index contributed by atoms with van der Waals surface area (Å²) in [5.74, 6) is 1.12. The minimum atomic E-state index is -0.203. The van der Waals surface area contributed by atoms with Gasteiger partial charge in [0.15, 0.2) is 6.23 Å². The average Bonchev–Trinajstić information content (AvgIpc) is 3.82. The van der Waals surface area contributed by atoms with Gasteiger partial charge in [0.1, 0.15) is 11.9 Å². The molecule has 3 N–H and O–H groups in total. The standard InChI is InChI=1S/C45H40N6O/c1-2-6-34(7-3-1)45-50-37-18-19-41-42(43(37)52-45)36-8-4-5-9-40(36)51(41)35-16-14-33(15-17-35)44-48-38(28-39(49-44)32-22-26-47-27-23-32)31-12-10-29(11-13-31)30-20-24-46-25-21-30/h1-10,12,14-20,22-24,26,28,41-42,44-45,47,49-50H,11,13,21,25,27H2. The van der Waals surface area contributed by atoms with Crippen LogP contribution >= 0.6 is 0 Å². The number of rotatable bonds is 6. The number of allylic oxidation sites excluding steroid dienone is 8. The van der Waals surface area contributed by atoms with Gasteiger partial charge in [-0.25, -0.2) is 0 Å². The van der Waals surface area contributed by atoms with Crippen molar-refractivity contribution in [1.82, 2.24) is 16.0 Å². The molecule has 5 heterocycles. The molecule has 7 heteroatoms. The van der Waals surface area contributed by atoms with Gasteiger partial charge in [0.25, 0.3) is 0 Å². The molecule has 0 spiro atoms. The van der Waals surface area contributed by atoms with E-state index in [9.17, 15) is 0 Å². The molecule has 0 radical (unpaired) electrons. The minimum absolute atomic E-state index is 0.101. The summed E-state index contributed by atoms with van der Waals surface area (Å²) in [7, 11) is 0. The van der Waals surface area contributed by atoms with E-state index < -0.39 is 0 Å². The van der Waals surface area contributed by atoms with Crippen LogP contribution in [0.2, 0.25) is 0 Å². The fraction of sp³-hybridized carbons (Fsp3) is 0.200. The minimum Gasteiger partial charge on any atom is -0.468 e. The Hall–Kier alpha value is -6.08. The Bertz CT molecular complexity index is 2250. The summed E-state index contributed by atoms with van der Waals surface area (Å²) in [5, 5.41) is 10.7. The Morgan fingerprint density at radius 3 is 2.40 bits per heavy atom. The lowest BCUT2D eigenvalue weighted by Crippen LogP contribution is -2.31. The molecule has 5 aliphatic heterocycles. The summed E-state index contributed by atoms with van der Waals surface area (Å²) in [5.41, 5.74) is 14.4. The molecule has 52 heavy (non-hydrogen) atoms. The number of hydrogen-bond acceptors (Lipinski definition) is 7. The molecule has 3 aromatic carbocycles. The van der Waals surface area contributed by atoms with Crippen LogP contribution in [0.1, 0.15) is 54.3 Å². The van der Waals surface area contributed by atoms with Gasteiger partial charge in [0.05, 0.1) is 23.4 Å². The molecule has 0 amide bonds. The lowest BCUT2D eigenvalue weighted by molar-refractivity contribution is 0.116. The Kier molecular flexibility index (Phi) is 7.63. The second kappa shape index (κ2) is 12.9. The van der Waals surface area contributed by atoms with Gasteiger partial charge in [-0.15, -0.1) is 0 Å². The molecule has 0 saturated heterocycles. The molecular formula is C45H40N6O. The van der Waals surface area contributed by atoms with Gasteiger partial charge >= 0.3 is 0 Å². The lowest BCUT2D eigenvalue weighted by Gasteiger charge is -2.31. The second-order valence-electron chi connectivity index (χ2n) is 14.1. The monoisotopic (exact) mass is 680 g/mol. The number of nitrogens with zero attached hydrogens (tertiary/aromatic N) is 3. The topological polar surface area (TPSA) is 73.3 Å². The van der Waals surface area contributed by atoms with Crippen LogP contribution in [0, 0.1) is 0 Å². The molecule has 0 aromatic heterocycles. The maximum atomic E-state index is 6.69. The van der Waals surface area contributed by atoms with Gasteiger partial charge in [-0.1, -0.05) is 85.0 Å². The highest BCUT2D eigenvalue weighted by molar-refractivity contribution is 6.10. The van der Waals surface area contributed by atoms with Crippen molar-refractivity contribution < 1.29 is 4.74 Å². The maximum Gasteiger partial charge on any atom is 0.196 e. The van der Waals surface area contributed by atoms with Crippen LogP contribution < -0.4 is 20.9 Å². The number of dihydropyridines is 2. The highest BCUT2D eigenvalue weighted by atomic mass is 16.5. The van der Waals surface area contributed by atoms with E-state index >= 15 is 0 Å². The summed E-state index contributed by atoms with van der Waals surface area (Å²) in [6.07, 6.45) is 24.5. The van der Waals surface area contributed by atoms with Crippen molar-refractivity contribution in [2.24, 2.45) is 9.98 Å². The molecule has 7 aliphatic rings. The van der Waals surface area contributed by atoms with Crippen LogP contribution in [0.4, 0.5) is 11.4 Å². The van der Waals surface area contributed by atoms with Crippen LogP contribution in [-0.4, -0.2) is 31.1 Å². The maximum absolute atomic E-state index is 6.69. The number of ether oxygens (including phenoxy) is 1. The summed E-state index contributed by atoms with van der Waals surface area (Å²) in [6, 6.07) is 28.2.